The molecule has 1 aliphatic rings. The fourth-order valence-corrected chi connectivity index (χ4v) is 5.85. The maximum Gasteiger partial charge on any atom is 0.253 e. The molecule has 168 valence electrons. The minimum atomic E-state index is -3.38. The van der Waals surface area contributed by atoms with Crippen LogP contribution in [-0.4, -0.2) is 61.6 Å². The van der Waals surface area contributed by atoms with E-state index in [0.717, 1.165) is 44.5 Å². The predicted octanol–water partition coefficient (Wildman–Crippen LogP) is 4.26. The summed E-state index contributed by atoms with van der Waals surface area (Å²) in [5.41, 5.74) is 0.718. The lowest BCUT2D eigenvalue weighted by molar-refractivity contribution is 0.0615. The fraction of sp³-hybridized carbons (Fsp3) is 0.480. The van der Waals surface area contributed by atoms with Crippen LogP contribution in [0.4, 0.5) is 0 Å². The van der Waals surface area contributed by atoms with Crippen molar-refractivity contribution >= 4 is 15.7 Å². The molecule has 0 saturated carbocycles. The Labute approximate surface area is 187 Å². The van der Waals surface area contributed by atoms with Gasteiger partial charge in [0.1, 0.15) is 0 Å². The van der Waals surface area contributed by atoms with Gasteiger partial charge in [-0.2, -0.15) is 0 Å². The monoisotopic (exact) mass is 442 g/mol. The van der Waals surface area contributed by atoms with Gasteiger partial charge in [-0.1, -0.05) is 36.4 Å². The molecule has 2 aromatic rings. The molecule has 2 aromatic carbocycles. The molecule has 1 heterocycles. The van der Waals surface area contributed by atoms with Crippen LogP contribution in [0.25, 0.3) is 0 Å². The van der Waals surface area contributed by atoms with E-state index in [9.17, 15) is 13.2 Å². The molecule has 6 heteroatoms. The number of sulfone groups is 1. The second kappa shape index (κ2) is 9.96. The zero-order valence-electron chi connectivity index (χ0n) is 18.8. The van der Waals surface area contributed by atoms with Crippen LogP contribution in [0, 0.1) is 0 Å². The van der Waals surface area contributed by atoms with Crippen molar-refractivity contribution in [2.45, 2.75) is 55.2 Å². The third-order valence-electron chi connectivity index (χ3n) is 6.40. The highest BCUT2D eigenvalue weighted by Gasteiger charge is 2.35. The zero-order chi connectivity index (χ0) is 22.5. The number of hydrogen-bond acceptors (Lipinski definition) is 4. The summed E-state index contributed by atoms with van der Waals surface area (Å²) in [7, 11) is -1.49. The first-order valence-electron chi connectivity index (χ1n) is 11.1. The first-order chi connectivity index (χ1) is 14.7. The summed E-state index contributed by atoms with van der Waals surface area (Å²) < 4.78 is 25.2. The molecule has 0 spiro atoms. The topological polar surface area (TPSA) is 57.7 Å². The first-order valence-corrected chi connectivity index (χ1v) is 12.5. The highest BCUT2D eigenvalue weighted by atomic mass is 32.2. The molecule has 1 unspecified atom stereocenters. The van der Waals surface area contributed by atoms with Crippen LogP contribution in [0.2, 0.25) is 0 Å². The van der Waals surface area contributed by atoms with Crippen molar-refractivity contribution < 1.29 is 13.2 Å². The molecular weight excluding hydrogens is 408 g/mol. The van der Waals surface area contributed by atoms with E-state index >= 15 is 0 Å². The third-order valence-corrected chi connectivity index (χ3v) is 8.96. The van der Waals surface area contributed by atoms with E-state index in [-0.39, 0.29) is 11.9 Å². The van der Waals surface area contributed by atoms with E-state index in [1.165, 1.54) is 0 Å². The summed E-state index contributed by atoms with van der Waals surface area (Å²) >= 11 is 0. The van der Waals surface area contributed by atoms with Crippen molar-refractivity contribution in [3.05, 3.63) is 66.2 Å². The van der Waals surface area contributed by atoms with Crippen LogP contribution < -0.4 is 0 Å². The van der Waals surface area contributed by atoms with Gasteiger partial charge in [0.25, 0.3) is 5.91 Å². The molecule has 31 heavy (non-hydrogen) atoms. The molecule has 1 fully saturated rings. The normalized spacial score (nSPS) is 18.0. The van der Waals surface area contributed by atoms with Crippen LogP contribution in [-0.2, 0) is 9.84 Å². The summed E-state index contributed by atoms with van der Waals surface area (Å²) in [4.78, 5) is 17.4. The van der Waals surface area contributed by atoms with E-state index in [1.807, 2.05) is 62.2 Å². The molecule has 0 radical (unpaired) electrons. The van der Waals surface area contributed by atoms with Crippen molar-refractivity contribution in [3.8, 4) is 0 Å². The SMILES string of the molecule is CN(C(=O)c1ccccc1)C1CCCN(CCCC(C)(C)S(=O)(=O)c2ccccc2)C1. The fourth-order valence-electron chi connectivity index (χ4n) is 4.28. The first kappa shape index (κ1) is 23.5. The van der Waals surface area contributed by atoms with E-state index in [0.29, 0.717) is 11.3 Å². The largest absolute Gasteiger partial charge is 0.337 e. The smallest absolute Gasteiger partial charge is 0.253 e. The molecule has 0 aliphatic carbocycles. The van der Waals surface area contributed by atoms with Crippen LogP contribution in [0.15, 0.2) is 65.6 Å². The van der Waals surface area contributed by atoms with Gasteiger partial charge in [-0.05, 0) is 76.9 Å². The van der Waals surface area contributed by atoms with Gasteiger partial charge in [0, 0.05) is 25.2 Å². The van der Waals surface area contributed by atoms with Crippen LogP contribution >= 0.6 is 0 Å². The number of carbonyl (C=O) groups is 1. The minimum absolute atomic E-state index is 0.0579. The van der Waals surface area contributed by atoms with Crippen LogP contribution in [0.3, 0.4) is 0 Å². The van der Waals surface area contributed by atoms with Crippen molar-refractivity contribution in [3.63, 3.8) is 0 Å². The Kier molecular flexibility index (Phi) is 7.55. The van der Waals surface area contributed by atoms with Gasteiger partial charge in [0.2, 0.25) is 0 Å². The Hall–Kier alpha value is -2.18. The van der Waals surface area contributed by atoms with E-state index in [2.05, 4.69) is 4.90 Å². The molecular formula is C25H34N2O3S. The second-order valence-electron chi connectivity index (χ2n) is 9.06. The van der Waals surface area contributed by atoms with Crippen LogP contribution in [0.1, 0.15) is 49.9 Å². The molecule has 3 rings (SSSR count). The number of hydrogen-bond donors (Lipinski definition) is 0. The molecule has 1 atom stereocenters. The minimum Gasteiger partial charge on any atom is -0.337 e. The van der Waals surface area contributed by atoms with Gasteiger partial charge in [-0.3, -0.25) is 4.79 Å². The summed E-state index contributed by atoms with van der Waals surface area (Å²) in [6.07, 6.45) is 3.45. The Balaban J connectivity index is 1.54. The maximum atomic E-state index is 13.0. The van der Waals surface area contributed by atoms with Gasteiger partial charge in [-0.15, -0.1) is 0 Å². The quantitative estimate of drug-likeness (QED) is 0.613. The second-order valence-corrected chi connectivity index (χ2v) is 11.6. The maximum absolute atomic E-state index is 13.0. The highest BCUT2D eigenvalue weighted by molar-refractivity contribution is 7.92. The summed E-state index contributed by atoms with van der Waals surface area (Å²) in [6, 6.07) is 18.3. The Morgan fingerprint density at radius 1 is 1.06 bits per heavy atom. The van der Waals surface area contributed by atoms with Crippen LogP contribution in [0.5, 0.6) is 0 Å². The van der Waals surface area contributed by atoms with Crippen molar-refractivity contribution in [2.75, 3.05) is 26.7 Å². The average Bonchev–Trinajstić information content (AvgIpc) is 2.79. The zero-order valence-corrected chi connectivity index (χ0v) is 19.6. The number of piperidine rings is 1. The molecule has 5 nitrogen and oxygen atoms in total. The lowest BCUT2D eigenvalue weighted by Crippen LogP contribution is -2.48. The van der Waals surface area contributed by atoms with Gasteiger partial charge in [0.05, 0.1) is 9.64 Å². The predicted molar refractivity (Wildman–Crippen MR) is 125 cm³/mol. The molecule has 0 N–H and O–H groups in total. The van der Waals surface area contributed by atoms with Gasteiger partial charge < -0.3 is 9.80 Å². The number of nitrogens with zero attached hydrogens (tertiary/aromatic N) is 2. The Morgan fingerprint density at radius 2 is 1.68 bits per heavy atom. The molecule has 0 aromatic heterocycles. The number of benzene rings is 2. The third kappa shape index (κ3) is 5.55. The van der Waals surface area contributed by atoms with E-state index in [4.69, 9.17) is 0 Å². The molecule has 1 amide bonds. The number of likely N-dealkylation sites (N-methyl/N-ethyl adjacent to an activating group) is 1. The Bertz CT molecular complexity index is 959. The lowest BCUT2D eigenvalue weighted by atomic mass is 10.0. The lowest BCUT2D eigenvalue weighted by Gasteiger charge is -2.38. The average molecular weight is 443 g/mol. The number of amides is 1. The van der Waals surface area contributed by atoms with Gasteiger partial charge in [-0.25, -0.2) is 8.42 Å². The Morgan fingerprint density at radius 3 is 2.32 bits per heavy atom. The number of likely N-dealkylation sites (tertiary alicyclic amines) is 1. The summed E-state index contributed by atoms with van der Waals surface area (Å²) in [5, 5.41) is 0. The highest BCUT2D eigenvalue weighted by Crippen LogP contribution is 2.29. The number of rotatable bonds is 8. The van der Waals surface area contributed by atoms with Crippen molar-refractivity contribution in [1.82, 2.24) is 9.80 Å². The standard InChI is InChI=1S/C25H34N2O3S/c1-25(2,31(29,30)23-15-8-5-9-16-23)17-11-19-27-18-10-14-22(20-27)26(3)24(28)21-12-6-4-7-13-21/h4-9,12-13,15-16,22H,10-11,14,17-20H2,1-3H3. The van der Waals surface area contributed by atoms with E-state index in [1.54, 1.807) is 24.3 Å². The van der Waals surface area contributed by atoms with E-state index < -0.39 is 14.6 Å². The van der Waals surface area contributed by atoms with Gasteiger partial charge >= 0.3 is 0 Å². The summed E-state index contributed by atoms with van der Waals surface area (Å²) in [6.45, 7) is 6.32. The van der Waals surface area contributed by atoms with Gasteiger partial charge in [0.15, 0.2) is 9.84 Å². The summed E-state index contributed by atoms with van der Waals surface area (Å²) in [5.74, 6) is 0.0579. The number of carbonyl (C=O) groups excluding carboxylic acids is 1. The molecule has 1 aliphatic heterocycles. The van der Waals surface area contributed by atoms with Crippen molar-refractivity contribution in [1.29, 1.82) is 0 Å². The van der Waals surface area contributed by atoms with Crippen molar-refractivity contribution in [2.24, 2.45) is 0 Å². The molecule has 1 saturated heterocycles. The molecule has 0 bridgehead atoms.